The number of aryl methyl sites for hydroxylation is 1. The first-order valence-corrected chi connectivity index (χ1v) is 11.4. The predicted octanol–water partition coefficient (Wildman–Crippen LogP) is 4.21. The topological polar surface area (TPSA) is 141 Å². The second kappa shape index (κ2) is 9.61. The molecule has 37 heavy (non-hydrogen) atoms. The van der Waals surface area contributed by atoms with Crippen LogP contribution in [0.3, 0.4) is 0 Å². The molecule has 0 saturated heterocycles. The quantitative estimate of drug-likeness (QED) is 0.204. The second-order valence-electron chi connectivity index (χ2n) is 8.48. The first kappa shape index (κ1) is 23.8. The van der Waals surface area contributed by atoms with Crippen LogP contribution in [0.5, 0.6) is 5.75 Å². The molecule has 1 N–H and O–H groups in total. The van der Waals surface area contributed by atoms with E-state index in [0.717, 1.165) is 0 Å². The molecule has 1 atom stereocenters. The third-order valence-electron chi connectivity index (χ3n) is 6.29. The normalized spacial score (nSPS) is 15.5. The van der Waals surface area contributed by atoms with Crippen LogP contribution in [0.2, 0.25) is 0 Å². The molecule has 188 valence electrons. The number of Topliss-reactive ketones (excluding diaryl/α,β-unsaturated/α-hetero) is 1. The Morgan fingerprint density at radius 3 is 2.68 bits per heavy atom. The third-order valence-corrected chi connectivity index (χ3v) is 6.29. The average molecular weight is 502 g/mol. The van der Waals surface area contributed by atoms with Crippen molar-refractivity contribution in [3.63, 3.8) is 0 Å². The number of fused-ring (bicyclic) bond motifs is 1. The number of rotatable bonds is 9. The molecule has 0 bridgehead atoms. The molecule has 2 aromatic heterocycles. The molecule has 1 aliphatic heterocycles. The van der Waals surface area contributed by atoms with Crippen LogP contribution in [-0.4, -0.2) is 49.8 Å². The standard InChI is InChI=1S/C26H22N4O7/c1-36-19-5-2-4-17-14-20(37-25(17)19)23(31)21-22(16-6-8-18(9-7-16)30(34)35)29(26(33)24(21)32)12-3-11-28-13-10-27-15-28/h2,4-10,13-15,22,32H,3,11-12H2,1H3/t22-/m0/s1. The number of hydrogen-bond donors (Lipinski definition) is 1. The molecule has 0 unspecified atom stereocenters. The summed E-state index contributed by atoms with van der Waals surface area (Å²) in [5, 5.41) is 22.7. The Labute approximate surface area is 210 Å². The number of non-ortho nitro benzene ring substituents is 1. The summed E-state index contributed by atoms with van der Waals surface area (Å²) < 4.78 is 13.0. The summed E-state index contributed by atoms with van der Waals surface area (Å²) in [5.41, 5.74) is 0.522. The van der Waals surface area contributed by atoms with Crippen molar-refractivity contribution < 1.29 is 28.8 Å². The maximum absolute atomic E-state index is 13.7. The molecule has 4 aromatic rings. The highest BCUT2D eigenvalue weighted by Crippen LogP contribution is 2.40. The number of furan rings is 1. The monoisotopic (exact) mass is 502 g/mol. The van der Waals surface area contributed by atoms with E-state index in [1.54, 1.807) is 36.9 Å². The van der Waals surface area contributed by atoms with Gasteiger partial charge < -0.3 is 23.7 Å². The molecule has 5 rings (SSSR count). The third kappa shape index (κ3) is 4.31. The lowest BCUT2D eigenvalue weighted by Crippen LogP contribution is -2.32. The first-order chi connectivity index (χ1) is 17.9. The smallest absolute Gasteiger partial charge is 0.290 e. The maximum atomic E-state index is 13.7. The van der Waals surface area contributed by atoms with Gasteiger partial charge in [-0.3, -0.25) is 19.7 Å². The molecule has 1 aliphatic rings. The van der Waals surface area contributed by atoms with E-state index in [4.69, 9.17) is 9.15 Å². The van der Waals surface area contributed by atoms with Gasteiger partial charge in [0.05, 0.1) is 30.0 Å². The predicted molar refractivity (Wildman–Crippen MR) is 131 cm³/mol. The fraction of sp³-hybridized carbons (Fsp3) is 0.192. The van der Waals surface area contributed by atoms with E-state index in [1.165, 1.54) is 42.3 Å². The molecule has 0 radical (unpaired) electrons. The highest BCUT2D eigenvalue weighted by atomic mass is 16.6. The molecule has 0 aliphatic carbocycles. The Bertz CT molecular complexity index is 1520. The van der Waals surface area contributed by atoms with Crippen molar-refractivity contribution in [1.82, 2.24) is 14.5 Å². The minimum absolute atomic E-state index is 0.0685. The average Bonchev–Trinajstić information content (AvgIpc) is 3.63. The Morgan fingerprint density at radius 1 is 1.22 bits per heavy atom. The van der Waals surface area contributed by atoms with Crippen molar-refractivity contribution in [3.05, 3.63) is 100 Å². The number of aliphatic hydroxyl groups excluding tert-OH is 1. The van der Waals surface area contributed by atoms with Crippen molar-refractivity contribution in [1.29, 1.82) is 0 Å². The van der Waals surface area contributed by atoms with Crippen LogP contribution in [0.1, 0.15) is 28.6 Å². The van der Waals surface area contributed by atoms with Gasteiger partial charge >= 0.3 is 0 Å². The Hall–Kier alpha value is -4.93. The van der Waals surface area contributed by atoms with E-state index in [2.05, 4.69) is 4.98 Å². The molecular formula is C26H22N4O7. The van der Waals surface area contributed by atoms with E-state index in [0.29, 0.717) is 35.2 Å². The second-order valence-corrected chi connectivity index (χ2v) is 8.48. The van der Waals surface area contributed by atoms with Gasteiger partial charge in [-0.15, -0.1) is 0 Å². The number of nitrogens with zero attached hydrogens (tertiary/aromatic N) is 4. The van der Waals surface area contributed by atoms with Crippen LogP contribution in [0.15, 0.2) is 83.0 Å². The first-order valence-electron chi connectivity index (χ1n) is 11.4. The van der Waals surface area contributed by atoms with Crippen molar-refractivity contribution in [2.75, 3.05) is 13.7 Å². The number of aromatic nitrogens is 2. The number of carbonyl (C=O) groups excluding carboxylic acids is 2. The number of para-hydroxylation sites is 1. The van der Waals surface area contributed by atoms with Gasteiger partial charge in [0.15, 0.2) is 22.9 Å². The summed E-state index contributed by atoms with van der Waals surface area (Å²) in [4.78, 5) is 42.9. The SMILES string of the molecule is COc1cccc2cc(C(=O)C3=C(O)C(=O)N(CCCn4ccnc4)[C@H]3c3ccc([N+](=O)[O-])cc3)oc12. The van der Waals surface area contributed by atoms with Gasteiger partial charge in [-0.1, -0.05) is 12.1 Å². The summed E-state index contributed by atoms with van der Waals surface area (Å²) in [7, 11) is 1.48. The molecular weight excluding hydrogens is 480 g/mol. The van der Waals surface area contributed by atoms with Crippen LogP contribution >= 0.6 is 0 Å². The number of imidazole rings is 1. The van der Waals surface area contributed by atoms with Crippen LogP contribution in [-0.2, 0) is 11.3 Å². The molecule has 11 heteroatoms. The van der Waals surface area contributed by atoms with E-state index in [1.807, 2.05) is 4.57 Å². The van der Waals surface area contributed by atoms with Crippen molar-refractivity contribution in [2.24, 2.45) is 0 Å². The van der Waals surface area contributed by atoms with Crippen LogP contribution < -0.4 is 4.74 Å². The summed E-state index contributed by atoms with van der Waals surface area (Å²) >= 11 is 0. The number of benzene rings is 2. The highest BCUT2D eigenvalue weighted by Gasteiger charge is 2.44. The number of hydrogen-bond acceptors (Lipinski definition) is 8. The summed E-state index contributed by atoms with van der Waals surface area (Å²) in [6, 6.07) is 11.3. The van der Waals surface area contributed by atoms with Gasteiger partial charge in [0.1, 0.15) is 0 Å². The van der Waals surface area contributed by atoms with Crippen molar-refractivity contribution in [3.8, 4) is 5.75 Å². The fourth-order valence-electron chi connectivity index (χ4n) is 4.53. The number of nitro benzene ring substituents is 1. The number of nitro groups is 1. The molecule has 0 fully saturated rings. The van der Waals surface area contributed by atoms with E-state index >= 15 is 0 Å². The number of carbonyl (C=O) groups is 2. The van der Waals surface area contributed by atoms with Crippen molar-refractivity contribution >= 4 is 28.3 Å². The van der Waals surface area contributed by atoms with Crippen LogP contribution in [0, 0.1) is 10.1 Å². The molecule has 3 heterocycles. The van der Waals surface area contributed by atoms with Gasteiger partial charge in [0, 0.05) is 43.0 Å². The lowest BCUT2D eigenvalue weighted by Gasteiger charge is -2.26. The Morgan fingerprint density at radius 2 is 2.00 bits per heavy atom. The zero-order chi connectivity index (χ0) is 26.1. The number of ether oxygens (including phenoxy) is 1. The minimum Gasteiger partial charge on any atom is -0.503 e. The van der Waals surface area contributed by atoms with Gasteiger partial charge in [-0.25, -0.2) is 4.98 Å². The largest absolute Gasteiger partial charge is 0.503 e. The summed E-state index contributed by atoms with van der Waals surface area (Å²) in [5.74, 6) is -1.68. The van der Waals surface area contributed by atoms with Crippen molar-refractivity contribution in [2.45, 2.75) is 19.0 Å². The minimum atomic E-state index is -0.960. The Balaban J connectivity index is 1.52. The maximum Gasteiger partial charge on any atom is 0.290 e. The van der Waals surface area contributed by atoms with E-state index < -0.39 is 28.4 Å². The van der Waals surface area contributed by atoms with Gasteiger partial charge in [0.25, 0.3) is 11.6 Å². The van der Waals surface area contributed by atoms with Gasteiger partial charge in [-0.05, 0) is 36.2 Å². The zero-order valence-electron chi connectivity index (χ0n) is 19.7. The summed E-state index contributed by atoms with van der Waals surface area (Å²) in [6.07, 6.45) is 5.61. The van der Waals surface area contributed by atoms with Gasteiger partial charge in [-0.2, -0.15) is 0 Å². The van der Waals surface area contributed by atoms with Crippen LogP contribution in [0.25, 0.3) is 11.0 Å². The highest BCUT2D eigenvalue weighted by molar-refractivity contribution is 6.16. The fourth-order valence-corrected chi connectivity index (χ4v) is 4.53. The van der Waals surface area contributed by atoms with E-state index in [-0.39, 0.29) is 23.6 Å². The molecule has 2 aromatic carbocycles. The number of aliphatic hydroxyl groups is 1. The zero-order valence-corrected chi connectivity index (χ0v) is 19.7. The Kier molecular flexibility index (Phi) is 6.18. The lowest BCUT2D eigenvalue weighted by molar-refractivity contribution is -0.384. The number of ketones is 1. The molecule has 1 amide bonds. The molecule has 0 spiro atoms. The van der Waals surface area contributed by atoms with Crippen LogP contribution in [0.4, 0.5) is 5.69 Å². The lowest BCUT2D eigenvalue weighted by atomic mass is 9.94. The summed E-state index contributed by atoms with van der Waals surface area (Å²) in [6.45, 7) is 0.775. The van der Waals surface area contributed by atoms with Gasteiger partial charge in [0.2, 0.25) is 5.78 Å². The molecule has 0 saturated carbocycles. The number of methoxy groups -OCH3 is 1. The number of amides is 1. The molecule has 11 nitrogen and oxygen atoms in total. The van der Waals surface area contributed by atoms with E-state index in [9.17, 15) is 24.8 Å².